The summed E-state index contributed by atoms with van der Waals surface area (Å²) in [6.07, 6.45) is -2.10. The van der Waals surface area contributed by atoms with Crippen molar-refractivity contribution in [1.82, 2.24) is 5.32 Å². The maximum absolute atomic E-state index is 12.4. The number of thiophene rings is 1. The molecule has 3 rings (SSSR count). The van der Waals surface area contributed by atoms with E-state index in [0.717, 1.165) is 11.3 Å². The number of carbonyl (C=O) groups excluding carboxylic acids is 3. The van der Waals surface area contributed by atoms with E-state index in [-0.39, 0.29) is 11.7 Å². The lowest BCUT2D eigenvalue weighted by Gasteiger charge is -2.12. The molecule has 1 atom stereocenters. The Balaban J connectivity index is 1.63. The molecule has 1 unspecified atom stereocenters. The molecule has 2 aromatic rings. The van der Waals surface area contributed by atoms with Crippen molar-refractivity contribution in [2.45, 2.75) is 26.2 Å². The van der Waals surface area contributed by atoms with Gasteiger partial charge in [0.25, 0.3) is 11.8 Å². The van der Waals surface area contributed by atoms with Gasteiger partial charge in [0, 0.05) is 0 Å². The summed E-state index contributed by atoms with van der Waals surface area (Å²) in [4.78, 5) is 36.2. The molecule has 9 heteroatoms. The molecule has 0 saturated carbocycles. The maximum Gasteiger partial charge on any atom is 0.414 e. The first-order valence-electron chi connectivity index (χ1n) is 7.86. The second kappa shape index (κ2) is 7.44. The SMILES string of the molecule is CC(C)OC(=O)NC(=O)c1ccsc1NC(=O)C1Nc2ccccc2O1. The van der Waals surface area contributed by atoms with Gasteiger partial charge in [0.15, 0.2) is 0 Å². The lowest BCUT2D eigenvalue weighted by Crippen LogP contribution is -2.37. The highest BCUT2D eigenvalue weighted by Crippen LogP contribution is 2.32. The standard InChI is InChI=1S/C17H17N3O5S/c1-9(2)24-17(23)20-13(21)10-7-8-26-16(10)19-14(22)15-18-11-5-3-4-6-12(11)25-15/h3-9,15,18H,1-2H3,(H,19,22)(H,20,21,23). The molecule has 3 amide bonds. The summed E-state index contributed by atoms with van der Waals surface area (Å²) < 4.78 is 10.4. The number of amides is 3. The predicted octanol–water partition coefficient (Wildman–Crippen LogP) is 2.79. The molecule has 136 valence electrons. The molecule has 0 aliphatic carbocycles. The zero-order valence-corrected chi connectivity index (χ0v) is 14.9. The van der Waals surface area contributed by atoms with Crippen LogP contribution in [-0.4, -0.2) is 30.2 Å². The van der Waals surface area contributed by atoms with Crippen molar-refractivity contribution in [2.75, 3.05) is 10.6 Å². The Labute approximate surface area is 153 Å². The van der Waals surface area contributed by atoms with Crippen LogP contribution in [0, 0.1) is 0 Å². The van der Waals surface area contributed by atoms with Crippen LogP contribution in [0.25, 0.3) is 0 Å². The molecule has 1 aliphatic rings. The zero-order chi connectivity index (χ0) is 18.7. The van der Waals surface area contributed by atoms with E-state index in [0.29, 0.717) is 16.4 Å². The molecule has 0 radical (unpaired) electrons. The van der Waals surface area contributed by atoms with Crippen molar-refractivity contribution in [3.63, 3.8) is 0 Å². The van der Waals surface area contributed by atoms with Crippen LogP contribution in [0.5, 0.6) is 5.75 Å². The van der Waals surface area contributed by atoms with Crippen molar-refractivity contribution in [3.8, 4) is 5.75 Å². The molecule has 1 aliphatic heterocycles. The van der Waals surface area contributed by atoms with Crippen LogP contribution in [0.3, 0.4) is 0 Å². The molecule has 0 spiro atoms. The van der Waals surface area contributed by atoms with E-state index in [9.17, 15) is 14.4 Å². The van der Waals surface area contributed by atoms with Crippen molar-refractivity contribution in [3.05, 3.63) is 41.3 Å². The van der Waals surface area contributed by atoms with E-state index in [4.69, 9.17) is 9.47 Å². The van der Waals surface area contributed by atoms with Crippen molar-refractivity contribution in [1.29, 1.82) is 0 Å². The van der Waals surface area contributed by atoms with Crippen LogP contribution in [0.4, 0.5) is 15.5 Å². The molecule has 0 bridgehead atoms. The second-order valence-electron chi connectivity index (χ2n) is 5.70. The molecule has 8 nitrogen and oxygen atoms in total. The predicted molar refractivity (Wildman–Crippen MR) is 96.5 cm³/mol. The Morgan fingerprint density at radius 2 is 2.00 bits per heavy atom. The Hall–Kier alpha value is -3.07. The van der Waals surface area contributed by atoms with Gasteiger partial charge in [0.05, 0.1) is 17.4 Å². The fourth-order valence-electron chi connectivity index (χ4n) is 2.27. The van der Waals surface area contributed by atoms with Gasteiger partial charge in [0.1, 0.15) is 10.8 Å². The number of hydrogen-bond donors (Lipinski definition) is 3. The second-order valence-corrected chi connectivity index (χ2v) is 6.62. The normalized spacial score (nSPS) is 14.8. The van der Waals surface area contributed by atoms with Gasteiger partial charge in [-0.25, -0.2) is 4.79 Å². The molecule has 2 heterocycles. The minimum Gasteiger partial charge on any atom is -0.459 e. The van der Waals surface area contributed by atoms with Crippen LogP contribution >= 0.6 is 11.3 Å². The number of fused-ring (bicyclic) bond motifs is 1. The van der Waals surface area contributed by atoms with Gasteiger partial charge < -0.3 is 20.1 Å². The van der Waals surface area contributed by atoms with Gasteiger partial charge >= 0.3 is 6.09 Å². The molecular formula is C17H17N3O5S. The van der Waals surface area contributed by atoms with E-state index >= 15 is 0 Å². The third-order valence-corrected chi connectivity index (χ3v) is 4.19. The first-order chi connectivity index (χ1) is 12.4. The zero-order valence-electron chi connectivity index (χ0n) is 14.1. The Morgan fingerprint density at radius 1 is 1.23 bits per heavy atom. The highest BCUT2D eigenvalue weighted by atomic mass is 32.1. The monoisotopic (exact) mass is 375 g/mol. The lowest BCUT2D eigenvalue weighted by atomic mass is 10.3. The van der Waals surface area contributed by atoms with E-state index in [1.54, 1.807) is 37.4 Å². The number of rotatable bonds is 4. The minimum atomic E-state index is -0.906. The fourth-order valence-corrected chi connectivity index (χ4v) is 3.06. The van der Waals surface area contributed by atoms with Crippen LogP contribution in [0.15, 0.2) is 35.7 Å². The number of benzene rings is 1. The number of anilines is 2. The van der Waals surface area contributed by atoms with Crippen LogP contribution in [0.1, 0.15) is 24.2 Å². The first-order valence-corrected chi connectivity index (χ1v) is 8.74. The molecule has 0 saturated heterocycles. The molecule has 0 fully saturated rings. The summed E-state index contributed by atoms with van der Waals surface area (Å²) in [5, 5.41) is 9.65. The average molecular weight is 375 g/mol. The van der Waals surface area contributed by atoms with Gasteiger partial charge in [0.2, 0.25) is 6.23 Å². The van der Waals surface area contributed by atoms with E-state index in [1.807, 2.05) is 6.07 Å². The van der Waals surface area contributed by atoms with Crippen LogP contribution in [0.2, 0.25) is 0 Å². The van der Waals surface area contributed by atoms with Gasteiger partial charge in [-0.15, -0.1) is 11.3 Å². The van der Waals surface area contributed by atoms with Gasteiger partial charge in [-0.1, -0.05) is 12.1 Å². The minimum absolute atomic E-state index is 0.166. The molecule has 1 aromatic heterocycles. The van der Waals surface area contributed by atoms with Gasteiger partial charge in [-0.2, -0.15) is 0 Å². The maximum atomic E-state index is 12.4. The van der Waals surface area contributed by atoms with Crippen LogP contribution < -0.4 is 20.7 Å². The molecule has 26 heavy (non-hydrogen) atoms. The third-order valence-electron chi connectivity index (χ3n) is 3.36. The molecular weight excluding hydrogens is 358 g/mol. The van der Waals surface area contributed by atoms with Crippen LogP contribution in [-0.2, 0) is 9.53 Å². The fraction of sp³-hybridized carbons (Fsp3) is 0.235. The summed E-state index contributed by atoms with van der Waals surface area (Å²) >= 11 is 1.16. The number of alkyl carbamates (subject to hydrolysis) is 1. The topological polar surface area (TPSA) is 106 Å². The Bertz CT molecular complexity index is 823. The van der Waals surface area contributed by atoms with Gasteiger partial charge in [-0.3, -0.25) is 14.9 Å². The Kier molecular flexibility index (Phi) is 5.08. The molecule has 3 N–H and O–H groups in total. The summed E-state index contributed by atoms with van der Waals surface area (Å²) in [5.41, 5.74) is 0.882. The number of para-hydroxylation sites is 2. The Morgan fingerprint density at radius 3 is 2.73 bits per heavy atom. The summed E-state index contributed by atoms with van der Waals surface area (Å²) in [6.45, 7) is 3.35. The van der Waals surface area contributed by atoms with Gasteiger partial charge in [-0.05, 0) is 37.4 Å². The first kappa shape index (κ1) is 17.7. The third kappa shape index (κ3) is 3.94. The number of ether oxygens (including phenoxy) is 2. The highest BCUT2D eigenvalue weighted by molar-refractivity contribution is 7.14. The summed E-state index contributed by atoms with van der Waals surface area (Å²) in [7, 11) is 0. The largest absolute Gasteiger partial charge is 0.459 e. The average Bonchev–Trinajstić information content (AvgIpc) is 3.20. The summed E-state index contributed by atoms with van der Waals surface area (Å²) in [5.74, 6) is -0.536. The van der Waals surface area contributed by atoms with Crippen molar-refractivity contribution in [2.24, 2.45) is 0 Å². The smallest absolute Gasteiger partial charge is 0.414 e. The lowest BCUT2D eigenvalue weighted by molar-refractivity contribution is -0.121. The van der Waals surface area contributed by atoms with E-state index in [1.165, 1.54) is 6.07 Å². The summed E-state index contributed by atoms with van der Waals surface area (Å²) in [6, 6.07) is 8.69. The number of nitrogens with one attached hydrogen (secondary N) is 3. The van der Waals surface area contributed by atoms with E-state index < -0.39 is 24.1 Å². The number of carbonyl (C=O) groups is 3. The van der Waals surface area contributed by atoms with Crippen molar-refractivity contribution < 1.29 is 23.9 Å². The number of imide groups is 1. The highest BCUT2D eigenvalue weighted by Gasteiger charge is 2.29. The van der Waals surface area contributed by atoms with Crippen molar-refractivity contribution >= 4 is 39.9 Å². The molecule has 1 aromatic carbocycles. The number of hydrogen-bond acceptors (Lipinski definition) is 7. The quantitative estimate of drug-likeness (QED) is 0.759. The van der Waals surface area contributed by atoms with E-state index in [2.05, 4.69) is 16.0 Å².